The van der Waals surface area contributed by atoms with E-state index in [1.807, 2.05) is 210 Å². The van der Waals surface area contributed by atoms with Crippen molar-refractivity contribution >= 4 is 74.9 Å². The number of halogens is 1. The van der Waals surface area contributed by atoms with Crippen LogP contribution in [0.1, 0.15) is 106 Å². The maximum absolute atomic E-state index is 12.9. The third-order valence-electron chi connectivity index (χ3n) is 18.4. The van der Waals surface area contributed by atoms with Gasteiger partial charge in [-0.2, -0.15) is 0 Å². The highest BCUT2D eigenvalue weighted by molar-refractivity contribution is 7.93. The van der Waals surface area contributed by atoms with Gasteiger partial charge in [-0.15, -0.1) is 0 Å². The summed E-state index contributed by atoms with van der Waals surface area (Å²) >= 11 is 0. The Morgan fingerprint density at radius 1 is 0.463 bits per heavy atom. The predicted molar refractivity (Wildman–Crippen MR) is 470 cm³/mol. The molecule has 7 aromatic carbocycles. The van der Waals surface area contributed by atoms with E-state index < -0.39 is 26.7 Å². The number of nitrogens with zero attached hydrogens (tertiary/aromatic N) is 7. The molecule has 123 heavy (non-hydrogen) atoms. The maximum Gasteiger partial charge on any atom is 0.306 e. The van der Waals surface area contributed by atoms with Gasteiger partial charge in [-0.05, 0) is 96.7 Å². The average molecular weight is 1690 g/mol. The molecule has 28 nitrogen and oxygen atoms in total. The number of rotatable bonds is 24. The van der Waals surface area contributed by atoms with Crippen molar-refractivity contribution in [3.63, 3.8) is 0 Å². The van der Waals surface area contributed by atoms with Crippen LogP contribution in [0.5, 0.6) is 0 Å². The summed E-state index contributed by atoms with van der Waals surface area (Å²) in [6.45, 7) is 12.7. The number of aromatic nitrogens is 6. The topological polar surface area (TPSA) is 371 Å². The number of nitrogens with one attached hydrogen (secondary N) is 5. The Kier molecular flexibility index (Phi) is 35.9. The summed E-state index contributed by atoms with van der Waals surface area (Å²) in [6.07, 6.45) is 18.9. The lowest BCUT2D eigenvalue weighted by Gasteiger charge is -2.20. The van der Waals surface area contributed by atoms with Gasteiger partial charge in [0.05, 0.1) is 89.5 Å². The number of hydrogen-bond acceptors (Lipinski definition) is 23. The van der Waals surface area contributed by atoms with Crippen LogP contribution in [0.25, 0.3) is 77.9 Å². The molecule has 15 rings (SSSR count). The number of hydrogen-bond donors (Lipinski definition) is 5. The first-order valence-electron chi connectivity index (χ1n) is 39.8. The molecule has 1 aliphatic rings. The van der Waals surface area contributed by atoms with Gasteiger partial charge in [-0.25, -0.2) is 12.8 Å². The summed E-state index contributed by atoms with van der Waals surface area (Å²) in [5.41, 5.74) is 12.0. The molecule has 7 aromatic heterocycles. The minimum atomic E-state index is -3.44. The maximum atomic E-state index is 12.9. The van der Waals surface area contributed by atoms with Gasteiger partial charge in [0.1, 0.15) is 18.2 Å². The first kappa shape index (κ1) is 92.7. The molecule has 30 heteroatoms. The first-order chi connectivity index (χ1) is 59.4. The molecule has 7 heterocycles. The zero-order chi connectivity index (χ0) is 87.9. The Bertz CT molecular complexity index is 5610. The van der Waals surface area contributed by atoms with E-state index >= 15 is 0 Å². The highest BCUT2D eigenvalue weighted by Gasteiger charge is 2.26. The monoisotopic (exact) mass is 1690 g/mol. The summed E-state index contributed by atoms with van der Waals surface area (Å²) in [5, 5.41) is 32.7. The molecule has 1 aliphatic carbocycles. The van der Waals surface area contributed by atoms with E-state index in [1.165, 1.54) is 62.7 Å². The van der Waals surface area contributed by atoms with Crippen LogP contribution in [0.3, 0.4) is 0 Å². The zero-order valence-corrected chi connectivity index (χ0v) is 70.9. The van der Waals surface area contributed by atoms with Gasteiger partial charge < -0.3 is 45.9 Å². The van der Waals surface area contributed by atoms with Crippen molar-refractivity contribution in [3.05, 3.63) is 267 Å². The van der Waals surface area contributed by atoms with Crippen molar-refractivity contribution in [2.75, 3.05) is 65.3 Å². The molecule has 14 aromatic rings. The molecule has 0 saturated heterocycles. The number of benzene rings is 7. The first-order valence-corrected chi connectivity index (χ1v) is 41.3. The number of methoxy groups -OCH3 is 1. The SMILES string of the molecule is CC(C)(C)C(=O)Nc1occc1-c1ccc(F)cc1.CC(C)S(=O)(=O)Nc1oncc1-c1ccccc1.CCOC(=O)CCC(=O)Nc1oncc1-c1ccccc1.CCc1oncc1-c1ccccc1.CN(C)c1oncc1-c1ccccc1.COCC(=O)Nc1oncc1-c1ccccc1.O=C(CC1CCCCC1)Nc1oncc1-c1ccccc1. The van der Waals surface area contributed by atoms with Gasteiger partial charge in [-0.3, -0.25) is 50.0 Å². The van der Waals surface area contributed by atoms with Gasteiger partial charge in [0.2, 0.25) is 63.0 Å². The summed E-state index contributed by atoms with van der Waals surface area (Å²) in [4.78, 5) is 60.4. The number of carbonyl (C=O) groups is 5. The van der Waals surface area contributed by atoms with Gasteiger partial charge in [0.25, 0.3) is 5.91 Å². The molecule has 0 bridgehead atoms. The molecule has 1 saturated carbocycles. The van der Waals surface area contributed by atoms with Crippen LogP contribution in [-0.2, 0) is 49.9 Å². The molecule has 1 fully saturated rings. The lowest BCUT2D eigenvalue weighted by Crippen LogP contribution is -2.27. The molecule has 0 aliphatic heterocycles. The fourth-order valence-corrected chi connectivity index (χ4v) is 12.5. The second-order valence-electron chi connectivity index (χ2n) is 29.1. The molecule has 5 N–H and O–H groups in total. The molecule has 0 radical (unpaired) electrons. The number of furan rings is 1. The van der Waals surface area contributed by atoms with E-state index in [-0.39, 0.29) is 60.7 Å². The summed E-state index contributed by atoms with van der Waals surface area (Å²) in [5.74, 6) is 2.43. The van der Waals surface area contributed by atoms with E-state index in [2.05, 4.69) is 76.0 Å². The number of anilines is 6. The minimum absolute atomic E-state index is 0.0189. The fourth-order valence-electron chi connectivity index (χ4n) is 11.9. The smallest absolute Gasteiger partial charge is 0.306 e. The second kappa shape index (κ2) is 47.6. The number of amides is 4. The van der Waals surface area contributed by atoms with Crippen LogP contribution in [0.2, 0.25) is 0 Å². The van der Waals surface area contributed by atoms with Crippen LogP contribution >= 0.6 is 0 Å². The Labute approximate surface area is 713 Å². The zero-order valence-electron chi connectivity index (χ0n) is 70.1. The van der Waals surface area contributed by atoms with Crippen molar-refractivity contribution in [1.29, 1.82) is 0 Å². The largest absolute Gasteiger partial charge is 0.466 e. The normalized spacial score (nSPS) is 11.5. The minimum Gasteiger partial charge on any atom is -0.466 e. The third-order valence-corrected chi connectivity index (χ3v) is 20.1. The number of esters is 1. The second-order valence-corrected chi connectivity index (χ2v) is 31.3. The number of carbonyl (C=O) groups excluding carboxylic acids is 5. The van der Waals surface area contributed by atoms with Gasteiger partial charge in [0, 0.05) is 57.0 Å². The van der Waals surface area contributed by atoms with Crippen LogP contribution in [0.4, 0.5) is 39.7 Å². The Morgan fingerprint density at radius 3 is 1.28 bits per heavy atom. The average Bonchev–Trinajstić information content (AvgIpc) is 1.74. The van der Waals surface area contributed by atoms with E-state index in [4.69, 9.17) is 41.0 Å². The van der Waals surface area contributed by atoms with E-state index in [0.29, 0.717) is 47.7 Å². The van der Waals surface area contributed by atoms with E-state index in [0.717, 1.165) is 92.1 Å². The Balaban J connectivity index is 0.000000164. The van der Waals surface area contributed by atoms with Crippen molar-refractivity contribution in [2.24, 2.45) is 11.3 Å². The van der Waals surface area contributed by atoms with E-state index in [9.17, 15) is 36.8 Å². The molecule has 642 valence electrons. The fraction of sp³-hybridized carbons (Fsp3) is 0.258. The van der Waals surface area contributed by atoms with Crippen LogP contribution in [0.15, 0.2) is 287 Å². The van der Waals surface area contributed by atoms with Crippen LogP contribution < -0.4 is 30.9 Å². The summed E-state index contributed by atoms with van der Waals surface area (Å²) < 4.78 is 84.1. The van der Waals surface area contributed by atoms with E-state index in [1.54, 1.807) is 63.8 Å². The molecular weight excluding hydrogens is 1590 g/mol. The Hall–Kier alpha value is -14.1. The molecule has 0 unspecified atom stereocenters. The highest BCUT2D eigenvalue weighted by atomic mass is 32.2. The standard InChI is InChI=1S/C17H20N2O2.C15H16FNO2.C15H16N2O4.C12H14N2O3S.C12H12N2O3.C11H12N2O.C11H11NO/c20-16(11-13-7-3-1-4-8-13)19-17-15(12-18-21-17)14-9-5-2-6-10-14;1-15(2,3)14(18)17-13-12(8-9-19-13)10-4-6-11(16)7-5-10;1-2-20-14(19)9-8-13(18)17-15-12(10-16-21-15)11-6-4-3-5-7-11;1-9(2)18(15,16)14-12-11(8-13-17-12)10-6-4-3-5-7-10;1-16-8-11(15)14-12-10(7-13-17-12)9-5-3-2-4-6-9;1-13(2)11-10(8-12-14-11)9-6-4-3-5-7-9;1-2-11-10(8-12-13-11)9-6-4-3-5-7-9/h2,5-6,9-10,12-13H,1,3-4,7-8,11H2,(H,19,20);4-9H,1-3H3,(H,17,18);3-7,10H,2,8-9H2,1H3,(H,17,18);3-9,14H,1-2H3;2-7H,8H2,1H3,(H,14,15);3-8H,1-2H3;3-8H,2H2,1H3. The quantitative estimate of drug-likeness (QED) is 0.0351. The van der Waals surface area contributed by atoms with Gasteiger partial charge >= 0.3 is 5.97 Å². The number of sulfonamides is 1. The van der Waals surface area contributed by atoms with Gasteiger partial charge in [0.15, 0.2) is 0 Å². The van der Waals surface area contributed by atoms with Crippen LogP contribution in [-0.4, -0.2) is 109 Å². The van der Waals surface area contributed by atoms with Crippen molar-refractivity contribution < 1.29 is 77.8 Å². The third kappa shape index (κ3) is 29.1. The molecule has 0 atom stereocenters. The van der Waals surface area contributed by atoms with Gasteiger partial charge in [-0.1, -0.05) is 272 Å². The lowest BCUT2D eigenvalue weighted by atomic mass is 9.87. The lowest BCUT2D eigenvalue weighted by molar-refractivity contribution is -0.144. The highest BCUT2D eigenvalue weighted by Crippen LogP contribution is 2.36. The molecular formula is C93H101FN12O16S. The molecule has 0 spiro atoms. The summed E-state index contributed by atoms with van der Waals surface area (Å²) in [6, 6.07) is 66.2. The summed E-state index contributed by atoms with van der Waals surface area (Å²) in [7, 11) is 1.90. The Morgan fingerprint density at radius 2 is 0.854 bits per heavy atom. The van der Waals surface area contributed by atoms with Crippen LogP contribution in [0, 0.1) is 17.2 Å². The number of aryl methyl sites for hydroxylation is 1. The van der Waals surface area contributed by atoms with Crippen molar-refractivity contribution in [2.45, 2.75) is 112 Å². The van der Waals surface area contributed by atoms with Crippen molar-refractivity contribution in [3.8, 4) is 77.9 Å². The molecule has 4 amide bonds. The number of ether oxygens (including phenoxy) is 2. The van der Waals surface area contributed by atoms with Crippen molar-refractivity contribution in [1.82, 2.24) is 30.9 Å². The predicted octanol–water partition coefficient (Wildman–Crippen LogP) is 20.7.